The van der Waals surface area contributed by atoms with Crippen LogP contribution < -0.4 is 10.0 Å². The van der Waals surface area contributed by atoms with E-state index in [1.54, 1.807) is 21.7 Å². The van der Waals surface area contributed by atoms with Crippen LogP contribution in [0.3, 0.4) is 0 Å². The number of hydrogen-bond donors (Lipinski definition) is 2. The van der Waals surface area contributed by atoms with Crippen molar-refractivity contribution >= 4 is 38.9 Å². The standard InChI is InChI=1S/C25H28ClF2N5O3S/c1-32-14-18(25(34)30-20-10-19(26)11-21(12-20)31-37(2,35)36)9-23(32)22-4-3-17(13-29-22)16-5-7-33(8-6-16)15-24(27)28/h3-4,9-14,16,24,31H,5-8,15H2,1-2H3,(H,30,34). The third-order valence-electron chi connectivity index (χ3n) is 6.23. The topological polar surface area (TPSA) is 96.3 Å². The minimum absolute atomic E-state index is 0.177. The number of amides is 1. The molecule has 2 N–H and O–H groups in total. The molecule has 2 aromatic heterocycles. The van der Waals surface area contributed by atoms with Crippen molar-refractivity contribution < 1.29 is 22.0 Å². The van der Waals surface area contributed by atoms with Gasteiger partial charge in [0.1, 0.15) is 0 Å². The van der Waals surface area contributed by atoms with Crippen molar-refractivity contribution in [1.82, 2.24) is 14.5 Å². The number of benzene rings is 1. The number of aromatic nitrogens is 2. The van der Waals surface area contributed by atoms with Crippen LogP contribution in [0.4, 0.5) is 20.2 Å². The average molecular weight is 552 g/mol. The van der Waals surface area contributed by atoms with Crippen molar-refractivity contribution in [2.75, 3.05) is 35.9 Å². The molecule has 1 saturated heterocycles. The maximum Gasteiger partial charge on any atom is 0.257 e. The first-order valence-electron chi connectivity index (χ1n) is 11.7. The zero-order chi connectivity index (χ0) is 26.7. The Morgan fingerprint density at radius 2 is 1.86 bits per heavy atom. The molecule has 0 aliphatic carbocycles. The summed E-state index contributed by atoms with van der Waals surface area (Å²) in [4.78, 5) is 19.3. The Labute approximate surface area is 219 Å². The first kappa shape index (κ1) is 27.0. The van der Waals surface area contributed by atoms with Crippen LogP contribution >= 0.6 is 11.6 Å². The Balaban J connectivity index is 1.44. The van der Waals surface area contributed by atoms with Crippen LogP contribution in [0.2, 0.25) is 5.02 Å². The molecule has 4 rings (SSSR count). The van der Waals surface area contributed by atoms with Crippen LogP contribution in [-0.2, 0) is 17.1 Å². The van der Waals surface area contributed by atoms with E-state index >= 15 is 0 Å². The average Bonchev–Trinajstić information content (AvgIpc) is 3.19. The molecule has 0 saturated carbocycles. The molecule has 0 spiro atoms. The molecule has 0 atom stereocenters. The third kappa shape index (κ3) is 7.27. The number of halogens is 3. The van der Waals surface area contributed by atoms with Crippen LogP contribution in [0.5, 0.6) is 0 Å². The number of hydrogen-bond acceptors (Lipinski definition) is 5. The van der Waals surface area contributed by atoms with E-state index in [4.69, 9.17) is 11.6 Å². The molecule has 12 heteroatoms. The van der Waals surface area contributed by atoms with E-state index in [2.05, 4.69) is 15.0 Å². The van der Waals surface area contributed by atoms with Crippen molar-refractivity contribution in [2.45, 2.75) is 25.2 Å². The molecule has 1 fully saturated rings. The van der Waals surface area contributed by atoms with Crippen molar-refractivity contribution in [3.05, 3.63) is 64.9 Å². The highest BCUT2D eigenvalue weighted by Gasteiger charge is 2.23. The molecule has 8 nitrogen and oxygen atoms in total. The minimum atomic E-state index is -3.50. The molecular formula is C25H28ClF2N5O3S. The van der Waals surface area contributed by atoms with E-state index in [-0.39, 0.29) is 29.1 Å². The fourth-order valence-electron chi connectivity index (χ4n) is 4.52. The van der Waals surface area contributed by atoms with Crippen LogP contribution in [-0.4, -0.2) is 61.1 Å². The fourth-order valence-corrected chi connectivity index (χ4v) is 5.30. The summed E-state index contributed by atoms with van der Waals surface area (Å²) in [6.45, 7) is 1.11. The van der Waals surface area contributed by atoms with Gasteiger partial charge < -0.3 is 9.88 Å². The zero-order valence-corrected chi connectivity index (χ0v) is 22.0. The van der Waals surface area contributed by atoms with Gasteiger partial charge in [0.2, 0.25) is 10.0 Å². The number of nitrogens with zero attached hydrogens (tertiary/aromatic N) is 3. The molecule has 1 aromatic carbocycles. The molecule has 3 heterocycles. The number of rotatable bonds is 8. The molecular weight excluding hydrogens is 524 g/mol. The third-order valence-corrected chi connectivity index (χ3v) is 7.05. The summed E-state index contributed by atoms with van der Waals surface area (Å²) in [5.74, 6) is -0.105. The maximum absolute atomic E-state index is 12.9. The van der Waals surface area contributed by atoms with Crippen molar-refractivity contribution in [1.29, 1.82) is 0 Å². The Morgan fingerprint density at radius 1 is 1.16 bits per heavy atom. The minimum Gasteiger partial charge on any atom is -0.348 e. The largest absolute Gasteiger partial charge is 0.348 e. The summed E-state index contributed by atoms with van der Waals surface area (Å²) in [5, 5.41) is 3.01. The summed E-state index contributed by atoms with van der Waals surface area (Å²) in [7, 11) is -1.69. The number of pyridine rings is 1. The van der Waals surface area contributed by atoms with Crippen molar-refractivity contribution in [2.24, 2.45) is 7.05 Å². The predicted octanol–water partition coefficient (Wildman–Crippen LogP) is 4.81. The van der Waals surface area contributed by atoms with Crippen LogP contribution in [0, 0.1) is 0 Å². The van der Waals surface area contributed by atoms with Crippen LogP contribution in [0.25, 0.3) is 11.4 Å². The van der Waals surface area contributed by atoms with E-state index in [1.807, 2.05) is 25.4 Å². The highest BCUT2D eigenvalue weighted by Crippen LogP contribution is 2.30. The predicted molar refractivity (Wildman–Crippen MR) is 141 cm³/mol. The summed E-state index contributed by atoms with van der Waals surface area (Å²) in [5.41, 5.74) is 3.50. The molecule has 3 aromatic rings. The summed E-state index contributed by atoms with van der Waals surface area (Å²) in [6.07, 6.45) is 3.84. The lowest BCUT2D eigenvalue weighted by Crippen LogP contribution is -2.36. The second-order valence-corrected chi connectivity index (χ2v) is 11.4. The number of likely N-dealkylation sites (tertiary alicyclic amines) is 1. The molecule has 0 radical (unpaired) electrons. The van der Waals surface area contributed by atoms with Crippen LogP contribution in [0.15, 0.2) is 48.8 Å². The Bertz CT molecular complexity index is 1370. The lowest BCUT2D eigenvalue weighted by atomic mass is 9.90. The van der Waals surface area contributed by atoms with E-state index in [0.29, 0.717) is 30.0 Å². The number of alkyl halides is 2. The van der Waals surface area contributed by atoms with Gasteiger partial charge in [-0.05, 0) is 67.7 Å². The van der Waals surface area contributed by atoms with Gasteiger partial charge in [-0.15, -0.1) is 0 Å². The number of aryl methyl sites for hydroxylation is 1. The van der Waals surface area contributed by atoms with E-state index < -0.39 is 16.4 Å². The van der Waals surface area contributed by atoms with Gasteiger partial charge in [-0.1, -0.05) is 17.7 Å². The molecule has 1 aliphatic rings. The number of piperidine rings is 1. The van der Waals surface area contributed by atoms with E-state index in [1.165, 1.54) is 18.2 Å². The van der Waals surface area contributed by atoms with Gasteiger partial charge in [0.05, 0.1) is 35.4 Å². The number of sulfonamides is 1. The second kappa shape index (κ2) is 11.2. The second-order valence-electron chi connectivity index (χ2n) is 9.22. The summed E-state index contributed by atoms with van der Waals surface area (Å²) >= 11 is 6.08. The normalized spacial score (nSPS) is 15.2. The molecule has 198 valence electrons. The number of carbonyl (C=O) groups excluding carboxylic acids is 1. The first-order valence-corrected chi connectivity index (χ1v) is 14.0. The quantitative estimate of drug-likeness (QED) is 0.419. The van der Waals surface area contributed by atoms with E-state index in [0.717, 1.165) is 30.4 Å². The molecule has 37 heavy (non-hydrogen) atoms. The fraction of sp³-hybridized carbons (Fsp3) is 0.360. The van der Waals surface area contributed by atoms with Crippen LogP contribution in [0.1, 0.15) is 34.7 Å². The lowest BCUT2D eigenvalue weighted by Gasteiger charge is -2.31. The summed E-state index contributed by atoms with van der Waals surface area (Å²) in [6, 6.07) is 10.1. The molecule has 0 bridgehead atoms. The zero-order valence-electron chi connectivity index (χ0n) is 20.4. The molecule has 1 amide bonds. The number of carbonyl (C=O) groups is 1. The van der Waals surface area contributed by atoms with Gasteiger partial charge in [0.15, 0.2) is 0 Å². The Kier molecular flexibility index (Phi) is 8.15. The van der Waals surface area contributed by atoms with Gasteiger partial charge in [-0.25, -0.2) is 17.2 Å². The van der Waals surface area contributed by atoms with Crippen molar-refractivity contribution in [3.8, 4) is 11.4 Å². The summed E-state index contributed by atoms with van der Waals surface area (Å²) < 4.78 is 52.4. The van der Waals surface area contributed by atoms with E-state index in [9.17, 15) is 22.0 Å². The highest BCUT2D eigenvalue weighted by molar-refractivity contribution is 7.92. The molecule has 0 unspecified atom stereocenters. The highest BCUT2D eigenvalue weighted by atomic mass is 35.5. The smallest absolute Gasteiger partial charge is 0.257 e. The maximum atomic E-state index is 12.9. The molecule has 1 aliphatic heterocycles. The van der Waals surface area contributed by atoms with Gasteiger partial charge in [0, 0.05) is 30.2 Å². The van der Waals surface area contributed by atoms with Gasteiger partial charge in [-0.3, -0.25) is 19.4 Å². The van der Waals surface area contributed by atoms with Gasteiger partial charge >= 0.3 is 0 Å². The first-order chi connectivity index (χ1) is 17.5. The number of nitrogens with one attached hydrogen (secondary N) is 2. The Hall–Kier alpha value is -3.02. The van der Waals surface area contributed by atoms with Crippen molar-refractivity contribution in [3.63, 3.8) is 0 Å². The van der Waals surface area contributed by atoms with Gasteiger partial charge in [0.25, 0.3) is 12.3 Å². The lowest BCUT2D eigenvalue weighted by molar-refractivity contribution is 0.0754. The number of anilines is 2. The Morgan fingerprint density at radius 3 is 2.49 bits per heavy atom. The monoisotopic (exact) mass is 551 g/mol. The van der Waals surface area contributed by atoms with Gasteiger partial charge in [-0.2, -0.15) is 0 Å². The SMILES string of the molecule is Cn1cc(C(=O)Nc2cc(Cl)cc(NS(C)(=O)=O)c2)cc1-c1ccc(C2CCN(CC(F)F)CC2)cn1.